The molecule has 0 rings (SSSR count). The van der Waals surface area contributed by atoms with Crippen LogP contribution in [0.1, 0.15) is 40.0 Å². The molecule has 0 fully saturated rings. The van der Waals surface area contributed by atoms with Gasteiger partial charge in [-0.3, -0.25) is 9.59 Å². The normalized spacial score (nSPS) is 10.3. The minimum Gasteiger partial charge on any atom is -0.469 e. The van der Waals surface area contributed by atoms with Gasteiger partial charge in [0.15, 0.2) is 0 Å². The Labute approximate surface area is 100 Å². The molecule has 0 saturated heterocycles. The number of hydrogen-bond acceptors (Lipinski definition) is 3. The summed E-state index contributed by atoms with van der Waals surface area (Å²) in [6.45, 7) is 5.80. The molecule has 3 nitrogen and oxygen atoms in total. The molecule has 0 aromatic heterocycles. The number of rotatable bonds is 5. The molecular weight excluding hydrogens is 216 g/mol. The summed E-state index contributed by atoms with van der Waals surface area (Å²) in [5.41, 5.74) is -0.367. The number of hydrogen-bond donors (Lipinski definition) is 0. The summed E-state index contributed by atoms with van der Waals surface area (Å²) >= 11 is 0. The van der Waals surface area contributed by atoms with E-state index in [-0.39, 0.29) is 39.3 Å². The molecule has 14 heavy (non-hydrogen) atoms. The average Bonchev–Trinajstić information content (AvgIpc) is 2.16. The van der Waals surface area contributed by atoms with E-state index in [2.05, 4.69) is 4.74 Å². The van der Waals surface area contributed by atoms with Gasteiger partial charge in [0.2, 0.25) is 0 Å². The Bertz CT molecular complexity index is 198. The first kappa shape index (κ1) is 16.3. The Kier molecular flexibility index (Phi) is 8.36. The van der Waals surface area contributed by atoms with Gasteiger partial charge in [0.25, 0.3) is 0 Å². The van der Waals surface area contributed by atoms with Gasteiger partial charge < -0.3 is 4.74 Å². The number of methoxy groups -OCH3 is 1. The van der Waals surface area contributed by atoms with E-state index >= 15 is 0 Å². The topological polar surface area (TPSA) is 43.4 Å². The van der Waals surface area contributed by atoms with Crippen molar-refractivity contribution in [3.63, 3.8) is 0 Å². The fourth-order valence-electron chi connectivity index (χ4n) is 1.06. The van der Waals surface area contributed by atoms with Gasteiger partial charge in [0, 0.05) is 27.1 Å². The van der Waals surface area contributed by atoms with Crippen LogP contribution in [0, 0.1) is 5.41 Å². The molecule has 0 spiro atoms. The summed E-state index contributed by atoms with van der Waals surface area (Å²) in [5, 5.41) is 0. The van der Waals surface area contributed by atoms with Crippen LogP contribution in [0.3, 0.4) is 0 Å². The summed E-state index contributed by atoms with van der Waals surface area (Å²) in [5.74, 6) is -0.470. The predicted molar refractivity (Wildman–Crippen MR) is 50.3 cm³/mol. The maximum Gasteiger partial charge on any atom is 0.313 e. The third-order valence-electron chi connectivity index (χ3n) is 2.77. The van der Waals surface area contributed by atoms with E-state index in [4.69, 9.17) is 0 Å². The van der Waals surface area contributed by atoms with Gasteiger partial charge in [-0.25, -0.2) is 0 Å². The van der Waals surface area contributed by atoms with E-state index in [0.29, 0.717) is 0 Å². The second-order valence-corrected chi connectivity index (χ2v) is 3.44. The molecular formula is C10H18O3Ti. The van der Waals surface area contributed by atoms with Crippen LogP contribution in [0.5, 0.6) is 0 Å². The van der Waals surface area contributed by atoms with Crippen molar-refractivity contribution in [1.29, 1.82) is 0 Å². The van der Waals surface area contributed by atoms with Crippen LogP contribution < -0.4 is 0 Å². The minimum atomic E-state index is -0.446. The molecule has 0 heterocycles. The SMILES string of the molecule is CCC(C)(CC)C(=O)CC(=O)OC.[Ti]. The zero-order valence-electron chi connectivity index (χ0n) is 9.35. The van der Waals surface area contributed by atoms with Crippen molar-refractivity contribution in [1.82, 2.24) is 0 Å². The van der Waals surface area contributed by atoms with Crippen LogP contribution in [-0.2, 0) is 36.0 Å². The zero-order valence-corrected chi connectivity index (χ0v) is 10.9. The molecule has 0 aliphatic carbocycles. The largest absolute Gasteiger partial charge is 0.469 e. The third-order valence-corrected chi connectivity index (χ3v) is 2.77. The van der Waals surface area contributed by atoms with Gasteiger partial charge in [0.1, 0.15) is 12.2 Å². The molecule has 0 radical (unpaired) electrons. The van der Waals surface area contributed by atoms with Crippen LogP contribution in [0.2, 0.25) is 0 Å². The van der Waals surface area contributed by atoms with Crippen LogP contribution in [0.4, 0.5) is 0 Å². The Hall–Kier alpha value is -0.146. The summed E-state index contributed by atoms with van der Waals surface area (Å²) in [6.07, 6.45) is 1.42. The first-order chi connectivity index (χ1) is 6.00. The number of Topliss-reactive ketones (excluding diaryl/α,β-unsaturated/α-hetero) is 1. The Morgan fingerprint density at radius 1 is 1.21 bits per heavy atom. The average molecular weight is 234 g/mol. The van der Waals surface area contributed by atoms with Gasteiger partial charge in [-0.05, 0) is 12.8 Å². The molecule has 0 unspecified atom stereocenters. The molecule has 0 atom stereocenters. The summed E-state index contributed by atoms with van der Waals surface area (Å²) in [4.78, 5) is 22.5. The molecule has 4 heteroatoms. The Morgan fingerprint density at radius 2 is 1.64 bits per heavy atom. The van der Waals surface area contributed by atoms with Gasteiger partial charge in [-0.1, -0.05) is 20.8 Å². The summed E-state index contributed by atoms with van der Waals surface area (Å²) in [7, 11) is 1.30. The van der Waals surface area contributed by atoms with E-state index in [1.54, 1.807) is 0 Å². The number of ketones is 1. The van der Waals surface area contributed by atoms with E-state index in [9.17, 15) is 9.59 Å². The van der Waals surface area contributed by atoms with Crippen LogP contribution >= 0.6 is 0 Å². The molecule has 0 bridgehead atoms. The van der Waals surface area contributed by atoms with Crippen LogP contribution in [-0.4, -0.2) is 18.9 Å². The van der Waals surface area contributed by atoms with E-state index in [1.165, 1.54) is 7.11 Å². The third kappa shape index (κ3) is 4.38. The first-order valence-corrected chi connectivity index (χ1v) is 4.60. The van der Waals surface area contributed by atoms with Gasteiger partial charge >= 0.3 is 5.97 Å². The van der Waals surface area contributed by atoms with Crippen molar-refractivity contribution in [2.45, 2.75) is 40.0 Å². The van der Waals surface area contributed by atoms with Crippen molar-refractivity contribution in [2.24, 2.45) is 5.41 Å². The quantitative estimate of drug-likeness (QED) is 0.414. The van der Waals surface area contributed by atoms with Crippen molar-refractivity contribution in [2.75, 3.05) is 7.11 Å². The standard InChI is InChI=1S/C10H18O3.Ti/c1-5-10(3,6-2)8(11)7-9(12)13-4;/h5-7H2,1-4H3;. The Balaban J connectivity index is 0. The summed E-state index contributed by atoms with van der Waals surface area (Å²) in [6, 6.07) is 0. The number of carbonyl (C=O) groups excluding carboxylic acids is 2. The Morgan fingerprint density at radius 3 is 1.93 bits per heavy atom. The van der Waals surface area contributed by atoms with Crippen LogP contribution in [0.15, 0.2) is 0 Å². The van der Waals surface area contributed by atoms with Crippen LogP contribution in [0.25, 0.3) is 0 Å². The second kappa shape index (κ2) is 7.19. The van der Waals surface area contributed by atoms with Crippen molar-refractivity contribution >= 4 is 11.8 Å². The zero-order chi connectivity index (χ0) is 10.5. The van der Waals surface area contributed by atoms with Crippen molar-refractivity contribution in [3.8, 4) is 0 Å². The number of carbonyl (C=O) groups is 2. The van der Waals surface area contributed by atoms with Crippen molar-refractivity contribution in [3.05, 3.63) is 0 Å². The van der Waals surface area contributed by atoms with Gasteiger partial charge in [-0.2, -0.15) is 0 Å². The van der Waals surface area contributed by atoms with Crippen molar-refractivity contribution < 1.29 is 36.0 Å². The fourth-order valence-corrected chi connectivity index (χ4v) is 1.06. The molecule has 0 N–H and O–H groups in total. The molecule has 0 saturated carbocycles. The predicted octanol–water partition coefficient (Wildman–Crippen LogP) is 1.94. The molecule has 0 aliphatic heterocycles. The molecule has 0 amide bonds. The maximum absolute atomic E-state index is 11.6. The molecule has 0 aliphatic rings. The minimum absolute atomic E-state index is 0. The van der Waals surface area contributed by atoms with E-state index in [1.807, 2.05) is 20.8 Å². The van der Waals surface area contributed by atoms with Gasteiger partial charge in [-0.15, -0.1) is 0 Å². The van der Waals surface area contributed by atoms with E-state index < -0.39 is 5.97 Å². The summed E-state index contributed by atoms with van der Waals surface area (Å²) < 4.78 is 4.45. The van der Waals surface area contributed by atoms with E-state index in [0.717, 1.165) is 12.8 Å². The number of esters is 1. The second-order valence-electron chi connectivity index (χ2n) is 3.44. The monoisotopic (exact) mass is 234 g/mol. The van der Waals surface area contributed by atoms with Gasteiger partial charge in [0.05, 0.1) is 7.11 Å². The molecule has 80 valence electrons. The first-order valence-electron chi connectivity index (χ1n) is 4.60. The molecule has 0 aromatic rings. The maximum atomic E-state index is 11.6. The fraction of sp³-hybridized carbons (Fsp3) is 0.800. The number of ether oxygens (including phenoxy) is 1. The molecule has 0 aromatic carbocycles. The smallest absolute Gasteiger partial charge is 0.313 e.